The van der Waals surface area contributed by atoms with E-state index in [1.165, 1.54) is 41.3 Å². The third kappa shape index (κ3) is 4.84. The lowest BCUT2D eigenvalue weighted by Crippen LogP contribution is -2.47. The summed E-state index contributed by atoms with van der Waals surface area (Å²) in [6, 6.07) is 3.63. The zero-order chi connectivity index (χ0) is 17.9. The minimum absolute atomic E-state index is 0.0270. The van der Waals surface area contributed by atoms with Crippen molar-refractivity contribution >= 4 is 43.2 Å². The Bertz CT molecular complexity index is 697. The van der Waals surface area contributed by atoms with Gasteiger partial charge in [0.2, 0.25) is 5.91 Å². The van der Waals surface area contributed by atoms with E-state index in [0.29, 0.717) is 10.8 Å². The van der Waals surface area contributed by atoms with Crippen molar-refractivity contribution in [2.45, 2.75) is 61.6 Å². The summed E-state index contributed by atoms with van der Waals surface area (Å²) in [5, 5.41) is 3.18. The Kier molecular flexibility index (Phi) is 6.57. The number of nitrogens with zero attached hydrogens (tertiary/aromatic N) is 1. The van der Waals surface area contributed by atoms with Crippen LogP contribution < -0.4 is 5.32 Å². The van der Waals surface area contributed by atoms with Crippen molar-refractivity contribution in [3.63, 3.8) is 0 Å². The van der Waals surface area contributed by atoms with E-state index >= 15 is 0 Å². The van der Waals surface area contributed by atoms with Gasteiger partial charge in [-0.2, -0.15) is 4.31 Å². The van der Waals surface area contributed by atoms with Crippen LogP contribution >= 0.6 is 27.3 Å². The fourth-order valence-corrected chi connectivity index (χ4v) is 7.37. The van der Waals surface area contributed by atoms with E-state index in [1.54, 1.807) is 12.1 Å². The van der Waals surface area contributed by atoms with Gasteiger partial charge in [0.15, 0.2) is 0 Å². The first-order chi connectivity index (χ1) is 12.0. The number of rotatable bonds is 4. The lowest BCUT2D eigenvalue weighted by Gasteiger charge is -2.31. The van der Waals surface area contributed by atoms with Crippen LogP contribution in [0.4, 0.5) is 0 Å². The summed E-state index contributed by atoms with van der Waals surface area (Å²) in [6.45, 7) is 0.779. The number of hydrogen-bond donors (Lipinski definition) is 1. The molecule has 1 aliphatic heterocycles. The fraction of sp³-hybridized carbons (Fsp3) is 0.706. The summed E-state index contributed by atoms with van der Waals surface area (Å²) < 4.78 is 28.2. The van der Waals surface area contributed by atoms with Gasteiger partial charge in [0.1, 0.15) is 4.21 Å². The number of hydrogen-bond acceptors (Lipinski definition) is 4. The molecule has 1 aromatic rings. The van der Waals surface area contributed by atoms with Crippen LogP contribution in [-0.4, -0.2) is 37.8 Å². The second-order valence-corrected chi connectivity index (χ2v) is 11.6. The standard InChI is InChI=1S/C17H25BrN2O3S2/c18-15-9-10-16(24-15)25(22,23)20-11-5-6-13(12-20)17(21)19-14-7-3-1-2-4-8-14/h9-10,13-14H,1-8,11-12H2,(H,19,21)/t13-/m1/s1. The summed E-state index contributed by atoms with van der Waals surface area (Å²) in [5.74, 6) is -0.214. The third-order valence-corrected chi connectivity index (χ3v) is 9.06. The van der Waals surface area contributed by atoms with Crippen molar-refractivity contribution in [2.24, 2.45) is 5.92 Å². The highest BCUT2D eigenvalue weighted by Crippen LogP contribution is 2.31. The summed E-state index contributed by atoms with van der Waals surface area (Å²) in [7, 11) is -3.50. The van der Waals surface area contributed by atoms with E-state index in [0.717, 1.165) is 29.5 Å². The van der Waals surface area contributed by atoms with E-state index in [1.807, 2.05) is 0 Å². The first kappa shape index (κ1) is 19.3. The van der Waals surface area contributed by atoms with Crippen molar-refractivity contribution in [3.8, 4) is 0 Å². The van der Waals surface area contributed by atoms with Crippen LogP contribution in [0.15, 0.2) is 20.1 Å². The molecule has 1 aromatic heterocycles. The Balaban J connectivity index is 1.63. The highest BCUT2D eigenvalue weighted by Gasteiger charge is 2.34. The molecule has 1 N–H and O–H groups in total. The van der Waals surface area contributed by atoms with Gasteiger partial charge in [-0.3, -0.25) is 4.79 Å². The molecule has 1 atom stereocenters. The van der Waals surface area contributed by atoms with Crippen molar-refractivity contribution in [3.05, 3.63) is 15.9 Å². The summed E-state index contributed by atoms with van der Waals surface area (Å²) in [6.07, 6.45) is 8.42. The molecule has 0 spiro atoms. The normalized spacial score (nSPS) is 24.0. The van der Waals surface area contributed by atoms with Crippen molar-refractivity contribution in [2.75, 3.05) is 13.1 Å². The van der Waals surface area contributed by atoms with Gasteiger partial charge < -0.3 is 5.32 Å². The second kappa shape index (κ2) is 8.50. The molecule has 0 radical (unpaired) electrons. The van der Waals surface area contributed by atoms with Gasteiger partial charge in [-0.15, -0.1) is 11.3 Å². The predicted molar refractivity (Wildman–Crippen MR) is 103 cm³/mol. The van der Waals surface area contributed by atoms with E-state index in [4.69, 9.17) is 0 Å². The molecule has 140 valence electrons. The van der Waals surface area contributed by atoms with E-state index in [9.17, 15) is 13.2 Å². The second-order valence-electron chi connectivity index (χ2n) is 6.96. The first-order valence-corrected chi connectivity index (χ1v) is 12.1. The lowest BCUT2D eigenvalue weighted by molar-refractivity contribution is -0.126. The average Bonchev–Trinajstić information content (AvgIpc) is 2.89. The molecule has 2 aliphatic rings. The average molecular weight is 449 g/mol. The maximum Gasteiger partial charge on any atom is 0.252 e. The smallest absolute Gasteiger partial charge is 0.252 e. The number of sulfonamides is 1. The highest BCUT2D eigenvalue weighted by atomic mass is 79.9. The van der Waals surface area contributed by atoms with Crippen LogP contribution in [-0.2, 0) is 14.8 Å². The molecule has 25 heavy (non-hydrogen) atoms. The molecule has 2 heterocycles. The van der Waals surface area contributed by atoms with E-state index in [2.05, 4.69) is 21.2 Å². The van der Waals surface area contributed by atoms with Crippen LogP contribution in [0.5, 0.6) is 0 Å². The van der Waals surface area contributed by atoms with Crippen LogP contribution in [0, 0.1) is 5.92 Å². The Morgan fingerprint density at radius 1 is 1.12 bits per heavy atom. The number of amides is 1. The molecule has 5 nitrogen and oxygen atoms in total. The first-order valence-electron chi connectivity index (χ1n) is 9.02. The minimum atomic E-state index is -3.50. The number of piperidine rings is 1. The largest absolute Gasteiger partial charge is 0.353 e. The van der Waals surface area contributed by atoms with Crippen LogP contribution in [0.3, 0.4) is 0 Å². The monoisotopic (exact) mass is 448 g/mol. The summed E-state index contributed by atoms with van der Waals surface area (Å²) in [5.41, 5.74) is 0. The molecule has 0 aromatic carbocycles. The minimum Gasteiger partial charge on any atom is -0.353 e. The number of nitrogens with one attached hydrogen (secondary N) is 1. The molecular formula is C17H25BrN2O3S2. The molecular weight excluding hydrogens is 424 g/mol. The van der Waals surface area contributed by atoms with Crippen molar-refractivity contribution in [1.82, 2.24) is 9.62 Å². The van der Waals surface area contributed by atoms with E-state index in [-0.39, 0.29) is 24.4 Å². The number of thiophene rings is 1. The Labute approximate surface area is 162 Å². The van der Waals surface area contributed by atoms with Gasteiger partial charge in [0.25, 0.3) is 10.0 Å². The zero-order valence-corrected chi connectivity index (χ0v) is 17.5. The number of carbonyl (C=O) groups is 1. The maximum atomic E-state index is 12.8. The quantitative estimate of drug-likeness (QED) is 0.712. The molecule has 0 bridgehead atoms. The van der Waals surface area contributed by atoms with E-state index < -0.39 is 10.0 Å². The van der Waals surface area contributed by atoms with Gasteiger partial charge in [0.05, 0.1) is 9.70 Å². The Hall–Kier alpha value is -0.440. The van der Waals surface area contributed by atoms with Crippen LogP contribution in [0.1, 0.15) is 51.4 Å². The molecule has 1 saturated carbocycles. The van der Waals surface area contributed by atoms with Gasteiger partial charge in [-0.05, 0) is 53.7 Å². The van der Waals surface area contributed by atoms with Crippen molar-refractivity contribution in [1.29, 1.82) is 0 Å². The van der Waals surface area contributed by atoms with Gasteiger partial charge in [0, 0.05) is 19.1 Å². The topological polar surface area (TPSA) is 66.5 Å². The molecule has 0 unspecified atom stereocenters. The predicted octanol–water partition coefficient (Wildman–Crippen LogP) is 3.75. The fourth-order valence-electron chi connectivity index (χ4n) is 3.68. The van der Waals surface area contributed by atoms with Crippen molar-refractivity contribution < 1.29 is 13.2 Å². The third-order valence-electron chi connectivity index (χ3n) is 5.10. The molecule has 3 rings (SSSR count). The molecule has 1 saturated heterocycles. The van der Waals surface area contributed by atoms with Crippen LogP contribution in [0.2, 0.25) is 0 Å². The number of halogens is 1. The molecule has 1 aliphatic carbocycles. The Morgan fingerprint density at radius 3 is 2.48 bits per heavy atom. The van der Waals surface area contributed by atoms with Gasteiger partial charge in [-0.25, -0.2) is 8.42 Å². The maximum absolute atomic E-state index is 12.8. The molecule has 2 fully saturated rings. The summed E-state index contributed by atoms with van der Waals surface area (Å²) in [4.78, 5) is 12.7. The molecule has 1 amide bonds. The Morgan fingerprint density at radius 2 is 1.84 bits per heavy atom. The lowest BCUT2D eigenvalue weighted by atomic mass is 9.97. The number of carbonyl (C=O) groups excluding carboxylic acids is 1. The van der Waals surface area contributed by atoms with Crippen LogP contribution in [0.25, 0.3) is 0 Å². The summed E-state index contributed by atoms with van der Waals surface area (Å²) >= 11 is 4.53. The molecule has 8 heteroatoms. The highest BCUT2D eigenvalue weighted by molar-refractivity contribution is 9.11. The SMILES string of the molecule is O=C(NC1CCCCCC1)[C@@H]1CCCN(S(=O)(=O)c2ccc(Br)s2)C1. The zero-order valence-electron chi connectivity index (χ0n) is 14.2. The van der Waals surface area contributed by atoms with Gasteiger partial charge in [-0.1, -0.05) is 25.7 Å². The van der Waals surface area contributed by atoms with Gasteiger partial charge >= 0.3 is 0 Å².